The number of carbonyl (C=O) groups excluding carboxylic acids is 1. The smallest absolute Gasteiger partial charge is 0.329 e. The van der Waals surface area contributed by atoms with Gasteiger partial charge in [-0.1, -0.05) is 30.3 Å². The van der Waals surface area contributed by atoms with E-state index < -0.39 is 23.3 Å². The number of carboxylic acids is 1. The third-order valence-corrected chi connectivity index (χ3v) is 4.51. The number of hydrogen-bond acceptors (Lipinski definition) is 4. The number of aromatic amines is 2. The molecule has 0 amide bonds. The molecule has 0 saturated carbocycles. The Bertz CT molecular complexity index is 1250. The standard InChI is InChI=1S/C19H15N3O4/c23-17-13-6-2-4-8-15(13)21-19(26)22(17)16(18(24)25)9-11-10-20-14-7-3-1-5-12(11)14/h1-8,10,16,20H,9H2,(H,21,26)(H,24,25)/p-1/t16-/m1/s1. The van der Waals surface area contributed by atoms with E-state index in [1.807, 2.05) is 24.3 Å². The molecule has 2 aromatic heterocycles. The van der Waals surface area contributed by atoms with E-state index in [0.29, 0.717) is 11.1 Å². The van der Waals surface area contributed by atoms with Crippen molar-refractivity contribution < 1.29 is 9.90 Å². The Morgan fingerprint density at radius 2 is 1.65 bits per heavy atom. The van der Waals surface area contributed by atoms with E-state index in [-0.39, 0.29) is 11.8 Å². The molecule has 4 rings (SSSR count). The summed E-state index contributed by atoms with van der Waals surface area (Å²) in [5.74, 6) is -1.49. The van der Waals surface area contributed by atoms with Gasteiger partial charge in [-0.15, -0.1) is 0 Å². The molecular formula is C19H14N3O4-. The van der Waals surface area contributed by atoms with Gasteiger partial charge >= 0.3 is 5.69 Å². The minimum Gasteiger partial charge on any atom is -0.548 e. The fraction of sp³-hybridized carbons (Fsp3) is 0.105. The van der Waals surface area contributed by atoms with Gasteiger partial charge in [0.15, 0.2) is 0 Å². The topological polar surface area (TPSA) is 111 Å². The second-order valence-electron chi connectivity index (χ2n) is 6.05. The molecular weight excluding hydrogens is 334 g/mol. The van der Waals surface area contributed by atoms with Crippen LogP contribution in [-0.4, -0.2) is 20.5 Å². The molecule has 7 heteroatoms. The van der Waals surface area contributed by atoms with Crippen LogP contribution in [-0.2, 0) is 11.2 Å². The Labute approximate surface area is 146 Å². The van der Waals surface area contributed by atoms with Crippen LogP contribution < -0.4 is 16.4 Å². The maximum atomic E-state index is 12.7. The highest BCUT2D eigenvalue weighted by atomic mass is 16.4. The second-order valence-corrected chi connectivity index (χ2v) is 6.05. The van der Waals surface area contributed by atoms with Crippen molar-refractivity contribution in [2.75, 3.05) is 0 Å². The molecule has 0 saturated heterocycles. The number of aromatic nitrogens is 3. The van der Waals surface area contributed by atoms with Gasteiger partial charge in [0.25, 0.3) is 5.56 Å². The van der Waals surface area contributed by atoms with Gasteiger partial charge in [-0.3, -0.25) is 9.36 Å². The zero-order valence-electron chi connectivity index (χ0n) is 13.6. The maximum Gasteiger partial charge on any atom is 0.329 e. The van der Waals surface area contributed by atoms with Crippen LogP contribution >= 0.6 is 0 Å². The highest BCUT2D eigenvalue weighted by Gasteiger charge is 2.20. The number of aliphatic carboxylic acids is 1. The molecule has 0 aliphatic rings. The normalized spacial score (nSPS) is 12.5. The quantitative estimate of drug-likeness (QED) is 0.565. The number of nitrogens with one attached hydrogen (secondary N) is 2. The van der Waals surface area contributed by atoms with Gasteiger partial charge < -0.3 is 19.9 Å². The van der Waals surface area contributed by atoms with Crippen LogP contribution in [0.3, 0.4) is 0 Å². The Balaban J connectivity index is 1.88. The third kappa shape index (κ3) is 2.50. The molecule has 1 atom stereocenters. The zero-order chi connectivity index (χ0) is 18.3. The lowest BCUT2D eigenvalue weighted by Gasteiger charge is -2.20. The van der Waals surface area contributed by atoms with Crippen molar-refractivity contribution in [2.24, 2.45) is 0 Å². The van der Waals surface area contributed by atoms with Crippen LogP contribution in [0.5, 0.6) is 0 Å². The number of fused-ring (bicyclic) bond motifs is 2. The van der Waals surface area contributed by atoms with Crippen LogP contribution in [0.2, 0.25) is 0 Å². The molecule has 0 aliphatic heterocycles. The van der Waals surface area contributed by atoms with E-state index in [1.165, 1.54) is 0 Å². The first kappa shape index (κ1) is 15.9. The first-order valence-electron chi connectivity index (χ1n) is 8.05. The number of benzene rings is 2. The molecule has 0 unspecified atom stereocenters. The van der Waals surface area contributed by atoms with Crippen LogP contribution in [0.1, 0.15) is 11.6 Å². The molecule has 0 aliphatic carbocycles. The molecule has 2 heterocycles. The predicted molar refractivity (Wildman–Crippen MR) is 94.9 cm³/mol. The molecule has 7 nitrogen and oxygen atoms in total. The Kier molecular flexibility index (Phi) is 3.69. The lowest BCUT2D eigenvalue weighted by molar-refractivity contribution is -0.310. The number of para-hydroxylation sites is 2. The molecule has 130 valence electrons. The van der Waals surface area contributed by atoms with E-state index in [9.17, 15) is 19.5 Å². The average molecular weight is 348 g/mol. The molecule has 2 N–H and O–H groups in total. The number of hydrogen-bond donors (Lipinski definition) is 2. The highest BCUT2D eigenvalue weighted by Crippen LogP contribution is 2.22. The summed E-state index contributed by atoms with van der Waals surface area (Å²) in [5.41, 5.74) is 0.470. The van der Waals surface area contributed by atoms with Gasteiger partial charge in [0.1, 0.15) is 0 Å². The average Bonchev–Trinajstić information content (AvgIpc) is 3.04. The summed E-state index contributed by atoms with van der Waals surface area (Å²) in [6.45, 7) is 0. The number of carboxylic acid groups (broad SMARTS) is 1. The molecule has 2 aromatic carbocycles. The van der Waals surface area contributed by atoms with Crippen LogP contribution in [0.15, 0.2) is 64.3 Å². The molecule has 0 bridgehead atoms. The highest BCUT2D eigenvalue weighted by molar-refractivity contribution is 5.84. The van der Waals surface area contributed by atoms with E-state index in [2.05, 4.69) is 9.97 Å². The van der Waals surface area contributed by atoms with Crippen molar-refractivity contribution in [3.8, 4) is 0 Å². The number of H-pyrrole nitrogens is 2. The van der Waals surface area contributed by atoms with Crippen molar-refractivity contribution in [3.05, 3.63) is 81.1 Å². The van der Waals surface area contributed by atoms with Gasteiger partial charge in [-0.25, -0.2) is 4.79 Å². The summed E-state index contributed by atoms with van der Waals surface area (Å²) in [6.07, 6.45) is 1.63. The largest absolute Gasteiger partial charge is 0.548 e. The van der Waals surface area contributed by atoms with E-state index in [4.69, 9.17) is 0 Å². The van der Waals surface area contributed by atoms with Gasteiger partial charge in [0, 0.05) is 23.5 Å². The summed E-state index contributed by atoms with van der Waals surface area (Å²) >= 11 is 0. The molecule has 26 heavy (non-hydrogen) atoms. The Morgan fingerprint density at radius 3 is 2.38 bits per heavy atom. The summed E-state index contributed by atoms with van der Waals surface area (Å²) in [5, 5.41) is 12.9. The molecule has 0 fully saturated rings. The second kappa shape index (κ2) is 6.03. The first-order valence-corrected chi connectivity index (χ1v) is 8.05. The van der Waals surface area contributed by atoms with Crippen molar-refractivity contribution in [1.82, 2.24) is 14.5 Å². The predicted octanol–water partition coefficient (Wildman–Crippen LogP) is 0.705. The third-order valence-electron chi connectivity index (χ3n) is 4.51. The Hall–Kier alpha value is -3.61. The number of nitrogens with zero attached hydrogens (tertiary/aromatic N) is 1. The zero-order valence-corrected chi connectivity index (χ0v) is 13.6. The SMILES string of the molecule is O=C([O-])[C@@H](Cc1c[nH]c2ccccc12)n1c(=O)[nH]c2ccccc2c1=O. The minimum atomic E-state index is -1.49. The van der Waals surface area contributed by atoms with Crippen molar-refractivity contribution in [1.29, 1.82) is 0 Å². The summed E-state index contributed by atoms with van der Waals surface area (Å²) in [6, 6.07) is 12.5. The number of rotatable bonds is 4. The van der Waals surface area contributed by atoms with Gasteiger partial charge in [-0.2, -0.15) is 0 Å². The fourth-order valence-electron chi connectivity index (χ4n) is 3.25. The first-order chi connectivity index (χ1) is 12.6. The van der Waals surface area contributed by atoms with E-state index in [1.54, 1.807) is 30.5 Å². The van der Waals surface area contributed by atoms with E-state index in [0.717, 1.165) is 15.5 Å². The minimum absolute atomic E-state index is 0.0479. The van der Waals surface area contributed by atoms with Crippen molar-refractivity contribution in [2.45, 2.75) is 12.5 Å². The van der Waals surface area contributed by atoms with Gasteiger partial charge in [-0.05, 0) is 23.8 Å². The summed E-state index contributed by atoms with van der Waals surface area (Å²) in [7, 11) is 0. The maximum absolute atomic E-state index is 12.7. The molecule has 0 radical (unpaired) electrons. The lowest BCUT2D eigenvalue weighted by atomic mass is 10.0. The molecule has 0 spiro atoms. The van der Waals surface area contributed by atoms with Gasteiger partial charge in [0.2, 0.25) is 0 Å². The number of carbonyl (C=O) groups is 1. The fourth-order valence-corrected chi connectivity index (χ4v) is 3.25. The van der Waals surface area contributed by atoms with Crippen LogP contribution in [0.25, 0.3) is 21.8 Å². The lowest BCUT2D eigenvalue weighted by Crippen LogP contribution is -2.46. The summed E-state index contributed by atoms with van der Waals surface area (Å²) < 4.78 is 0.722. The summed E-state index contributed by atoms with van der Waals surface area (Å²) in [4.78, 5) is 42.5. The van der Waals surface area contributed by atoms with Crippen LogP contribution in [0.4, 0.5) is 0 Å². The monoisotopic (exact) mass is 348 g/mol. The van der Waals surface area contributed by atoms with E-state index >= 15 is 0 Å². The van der Waals surface area contributed by atoms with Crippen molar-refractivity contribution >= 4 is 27.8 Å². The Morgan fingerprint density at radius 1 is 1.00 bits per heavy atom. The van der Waals surface area contributed by atoms with Crippen molar-refractivity contribution in [3.63, 3.8) is 0 Å². The molecule has 4 aromatic rings. The van der Waals surface area contributed by atoms with Crippen LogP contribution in [0, 0.1) is 0 Å². The van der Waals surface area contributed by atoms with Gasteiger partial charge in [0.05, 0.1) is 22.9 Å².